The molecule has 1 aliphatic rings. The minimum atomic E-state index is -0.496. The van der Waals surface area contributed by atoms with Gasteiger partial charge in [-0.2, -0.15) is 0 Å². The molecule has 1 saturated heterocycles. The Morgan fingerprint density at radius 2 is 2.45 bits per heavy atom. The van der Waals surface area contributed by atoms with Gasteiger partial charge >= 0.3 is 0 Å². The van der Waals surface area contributed by atoms with E-state index >= 15 is 0 Å². The molecule has 1 aliphatic heterocycles. The van der Waals surface area contributed by atoms with Crippen molar-refractivity contribution < 1.29 is 14.6 Å². The van der Waals surface area contributed by atoms with Gasteiger partial charge in [0.05, 0.1) is 12.3 Å². The molecule has 0 bridgehead atoms. The number of hydrogen-bond acceptors (Lipinski definition) is 5. The molecule has 5 nitrogen and oxygen atoms in total. The highest BCUT2D eigenvalue weighted by Crippen LogP contribution is 2.31. The van der Waals surface area contributed by atoms with Gasteiger partial charge in [-0.05, 0) is 25.2 Å². The Bertz CT molecular complexity index is 441. The summed E-state index contributed by atoms with van der Waals surface area (Å²) in [4.78, 5) is 16.8. The van der Waals surface area contributed by atoms with Crippen molar-refractivity contribution in [3.8, 4) is 0 Å². The number of aromatic nitrogens is 1. The van der Waals surface area contributed by atoms with Crippen LogP contribution in [0.25, 0.3) is 0 Å². The van der Waals surface area contributed by atoms with Crippen LogP contribution in [-0.2, 0) is 4.74 Å². The number of thiazole rings is 1. The molecule has 0 radical (unpaired) electrons. The highest BCUT2D eigenvalue weighted by Gasteiger charge is 2.22. The number of ether oxygens (including phenoxy) is 1. The molecule has 2 heterocycles. The van der Waals surface area contributed by atoms with Gasteiger partial charge in [0.25, 0.3) is 5.91 Å². The average Bonchev–Trinajstić information content (AvgIpc) is 3.04. The summed E-state index contributed by atoms with van der Waals surface area (Å²) in [6.45, 7) is 5.14. The molecule has 20 heavy (non-hydrogen) atoms. The van der Waals surface area contributed by atoms with Crippen molar-refractivity contribution in [1.29, 1.82) is 0 Å². The first-order valence-electron chi connectivity index (χ1n) is 7.10. The lowest BCUT2D eigenvalue weighted by atomic mass is 10.1. The van der Waals surface area contributed by atoms with Crippen LogP contribution < -0.4 is 5.32 Å². The zero-order valence-electron chi connectivity index (χ0n) is 12.0. The van der Waals surface area contributed by atoms with Gasteiger partial charge in [-0.15, -0.1) is 11.3 Å². The molecule has 0 spiro atoms. The van der Waals surface area contributed by atoms with Crippen molar-refractivity contribution in [2.75, 3.05) is 13.2 Å². The lowest BCUT2D eigenvalue weighted by Crippen LogP contribution is -2.32. The van der Waals surface area contributed by atoms with Crippen molar-refractivity contribution in [3.05, 3.63) is 16.1 Å². The smallest absolute Gasteiger partial charge is 0.263 e. The van der Waals surface area contributed by atoms with Gasteiger partial charge in [-0.3, -0.25) is 4.79 Å². The van der Waals surface area contributed by atoms with E-state index in [0.29, 0.717) is 17.2 Å². The zero-order valence-corrected chi connectivity index (χ0v) is 12.8. The number of carbonyl (C=O) groups excluding carboxylic acids is 1. The Hall–Kier alpha value is -0.980. The predicted molar refractivity (Wildman–Crippen MR) is 77.8 cm³/mol. The fraction of sp³-hybridized carbons (Fsp3) is 0.714. The molecule has 6 heteroatoms. The van der Waals surface area contributed by atoms with Crippen LogP contribution in [0.1, 0.15) is 53.9 Å². The molecular formula is C14H22N2O3S. The second kappa shape index (κ2) is 7.15. The highest BCUT2D eigenvalue weighted by molar-refractivity contribution is 7.13. The topological polar surface area (TPSA) is 71.5 Å². The van der Waals surface area contributed by atoms with Crippen molar-refractivity contribution in [2.24, 2.45) is 5.92 Å². The second-order valence-electron chi connectivity index (χ2n) is 5.56. The summed E-state index contributed by atoms with van der Waals surface area (Å²) in [7, 11) is 0. The van der Waals surface area contributed by atoms with Crippen molar-refractivity contribution >= 4 is 17.2 Å². The summed E-state index contributed by atoms with van der Waals surface area (Å²) in [6, 6.07) is 0. The van der Waals surface area contributed by atoms with Crippen LogP contribution in [0.15, 0.2) is 6.20 Å². The summed E-state index contributed by atoms with van der Waals surface area (Å²) in [5.74, 6) is 0.242. The third kappa shape index (κ3) is 4.26. The zero-order chi connectivity index (χ0) is 14.5. The molecule has 1 amide bonds. The lowest BCUT2D eigenvalue weighted by molar-refractivity contribution is 0.0904. The Kier molecular flexibility index (Phi) is 5.51. The van der Waals surface area contributed by atoms with Crippen LogP contribution in [0.3, 0.4) is 0 Å². The van der Waals surface area contributed by atoms with E-state index in [2.05, 4.69) is 10.3 Å². The van der Waals surface area contributed by atoms with Crippen LogP contribution in [0.2, 0.25) is 0 Å². The van der Waals surface area contributed by atoms with E-state index in [0.717, 1.165) is 24.5 Å². The monoisotopic (exact) mass is 298 g/mol. The lowest BCUT2D eigenvalue weighted by Gasteiger charge is -2.13. The predicted octanol–water partition coefficient (Wildman–Crippen LogP) is 2.13. The fourth-order valence-electron chi connectivity index (χ4n) is 2.24. The number of amides is 1. The van der Waals surface area contributed by atoms with E-state index < -0.39 is 6.10 Å². The molecular weight excluding hydrogens is 276 g/mol. The standard InChI is InChI=1S/C14H22N2O3S/c1-9(2)6-10(17)7-15-13(18)12-8-16-14(20-12)11-4-3-5-19-11/h8-11,17H,3-7H2,1-2H3,(H,15,18). The second-order valence-corrected chi connectivity index (χ2v) is 6.62. The maximum absolute atomic E-state index is 12.0. The summed E-state index contributed by atoms with van der Waals surface area (Å²) < 4.78 is 5.55. The van der Waals surface area contributed by atoms with E-state index in [-0.39, 0.29) is 18.6 Å². The van der Waals surface area contributed by atoms with Crippen molar-refractivity contribution in [2.45, 2.75) is 45.3 Å². The van der Waals surface area contributed by atoms with E-state index in [1.165, 1.54) is 11.3 Å². The van der Waals surface area contributed by atoms with Gasteiger partial charge < -0.3 is 15.2 Å². The van der Waals surface area contributed by atoms with Gasteiger partial charge in [0.15, 0.2) is 0 Å². The maximum atomic E-state index is 12.0. The molecule has 112 valence electrons. The Morgan fingerprint density at radius 3 is 3.10 bits per heavy atom. The summed E-state index contributed by atoms with van der Waals surface area (Å²) in [6.07, 6.45) is 3.85. The molecule has 1 aromatic rings. The summed E-state index contributed by atoms with van der Waals surface area (Å²) >= 11 is 1.37. The van der Waals surface area contributed by atoms with Gasteiger partial charge in [-0.1, -0.05) is 13.8 Å². The van der Waals surface area contributed by atoms with Gasteiger partial charge in [0.2, 0.25) is 0 Å². The Morgan fingerprint density at radius 1 is 1.65 bits per heavy atom. The number of aliphatic hydroxyl groups excluding tert-OH is 1. The number of hydrogen-bond donors (Lipinski definition) is 2. The summed E-state index contributed by atoms with van der Waals surface area (Å²) in [5, 5.41) is 13.4. The van der Waals surface area contributed by atoms with Crippen molar-refractivity contribution in [3.63, 3.8) is 0 Å². The first-order valence-corrected chi connectivity index (χ1v) is 7.91. The number of nitrogens with zero attached hydrogens (tertiary/aromatic N) is 1. The third-order valence-electron chi connectivity index (χ3n) is 3.19. The van der Waals surface area contributed by atoms with E-state index in [1.807, 2.05) is 13.8 Å². The minimum Gasteiger partial charge on any atom is -0.391 e. The average molecular weight is 298 g/mol. The SMILES string of the molecule is CC(C)CC(O)CNC(=O)c1cnc(C2CCCO2)s1. The first-order chi connectivity index (χ1) is 9.56. The molecule has 1 fully saturated rings. The van der Waals surface area contributed by atoms with Gasteiger partial charge in [0, 0.05) is 13.2 Å². The molecule has 2 rings (SSSR count). The molecule has 2 unspecified atom stereocenters. The van der Waals surface area contributed by atoms with Crippen molar-refractivity contribution in [1.82, 2.24) is 10.3 Å². The maximum Gasteiger partial charge on any atom is 0.263 e. The molecule has 0 saturated carbocycles. The van der Waals surface area contributed by atoms with Crippen LogP contribution >= 0.6 is 11.3 Å². The first kappa shape index (κ1) is 15.4. The number of carbonyl (C=O) groups is 1. The van der Waals surface area contributed by atoms with E-state index in [9.17, 15) is 9.90 Å². The fourth-order valence-corrected chi connectivity index (χ4v) is 3.16. The normalized spacial score (nSPS) is 20.3. The number of nitrogens with one attached hydrogen (secondary N) is 1. The van der Waals surface area contributed by atoms with Gasteiger partial charge in [-0.25, -0.2) is 4.98 Å². The van der Waals surface area contributed by atoms with Crippen LogP contribution in [0, 0.1) is 5.92 Å². The largest absolute Gasteiger partial charge is 0.391 e. The molecule has 0 aliphatic carbocycles. The van der Waals surface area contributed by atoms with Crippen LogP contribution in [-0.4, -0.2) is 35.3 Å². The molecule has 1 aromatic heterocycles. The summed E-state index contributed by atoms with van der Waals surface area (Å²) in [5.41, 5.74) is 0. The van der Waals surface area contributed by atoms with E-state index in [1.54, 1.807) is 6.20 Å². The Balaban J connectivity index is 1.83. The minimum absolute atomic E-state index is 0.0491. The molecule has 2 N–H and O–H groups in total. The van der Waals surface area contributed by atoms with E-state index in [4.69, 9.17) is 4.74 Å². The Labute approximate surface area is 123 Å². The third-order valence-corrected chi connectivity index (χ3v) is 4.28. The van der Waals surface area contributed by atoms with Crippen LogP contribution in [0.4, 0.5) is 0 Å². The number of aliphatic hydroxyl groups is 1. The molecule has 2 atom stereocenters. The highest BCUT2D eigenvalue weighted by atomic mass is 32.1. The number of rotatable bonds is 6. The quantitative estimate of drug-likeness (QED) is 0.844. The molecule has 0 aromatic carbocycles. The van der Waals surface area contributed by atoms with Gasteiger partial charge in [0.1, 0.15) is 16.0 Å². The van der Waals surface area contributed by atoms with Crippen LogP contribution in [0.5, 0.6) is 0 Å².